The molecule has 2 heterocycles. The average Bonchev–Trinajstić information content (AvgIpc) is 3.09. The third-order valence-electron chi connectivity index (χ3n) is 4.85. The Labute approximate surface area is 166 Å². The number of hydrogen-bond donors (Lipinski definition) is 2. The van der Waals surface area contributed by atoms with Crippen LogP contribution in [0.15, 0.2) is 36.7 Å². The first-order valence-electron chi connectivity index (χ1n) is 9.84. The van der Waals surface area contributed by atoms with Crippen LogP contribution < -0.4 is 15.0 Å². The molecule has 1 atom stereocenters. The fourth-order valence-electron chi connectivity index (χ4n) is 3.32. The monoisotopic (exact) mass is 386 g/mol. The van der Waals surface area contributed by atoms with Crippen LogP contribution in [0.25, 0.3) is 0 Å². The highest BCUT2D eigenvalue weighted by atomic mass is 16.5. The Morgan fingerprint density at radius 1 is 1.21 bits per heavy atom. The summed E-state index contributed by atoms with van der Waals surface area (Å²) in [6.07, 6.45) is 2.29. The molecule has 1 aliphatic heterocycles. The van der Waals surface area contributed by atoms with Crippen LogP contribution in [0.5, 0.6) is 5.75 Å². The van der Waals surface area contributed by atoms with Gasteiger partial charge in [0.1, 0.15) is 24.5 Å². The number of aliphatic hydroxyl groups is 1. The molecule has 0 bridgehead atoms. The van der Waals surface area contributed by atoms with E-state index < -0.39 is 5.60 Å². The van der Waals surface area contributed by atoms with E-state index in [2.05, 4.69) is 20.2 Å². The lowest BCUT2D eigenvalue weighted by atomic mass is 10.0. The maximum atomic E-state index is 10.9. The number of ether oxygens (including phenoxy) is 2. The van der Waals surface area contributed by atoms with Gasteiger partial charge in [0.25, 0.3) is 0 Å². The van der Waals surface area contributed by atoms with Crippen molar-refractivity contribution in [2.75, 3.05) is 44.4 Å². The van der Waals surface area contributed by atoms with E-state index in [9.17, 15) is 5.11 Å². The number of nitrogens with one attached hydrogen (secondary N) is 1. The van der Waals surface area contributed by atoms with E-state index in [1.165, 1.54) is 0 Å². The van der Waals surface area contributed by atoms with Crippen LogP contribution in [0.3, 0.4) is 0 Å². The predicted molar refractivity (Wildman–Crippen MR) is 109 cm³/mol. The molecule has 1 saturated heterocycles. The standard InChI is InChI=1S/C21H30N4O3/c1-3-27-10-11-28-19-6-4-18(5-7-19)13-22-14-21(26)8-9-25(15-21)20-12-17(2)23-16-24-20/h4-7,12,16,22,26H,3,8-11,13-15H2,1-2H3. The molecule has 0 saturated carbocycles. The number of aromatic nitrogens is 2. The van der Waals surface area contributed by atoms with Gasteiger partial charge in [-0.25, -0.2) is 9.97 Å². The molecule has 0 spiro atoms. The summed E-state index contributed by atoms with van der Waals surface area (Å²) in [6.45, 7) is 8.39. The first-order valence-corrected chi connectivity index (χ1v) is 9.84. The third-order valence-corrected chi connectivity index (χ3v) is 4.85. The van der Waals surface area contributed by atoms with Crippen molar-refractivity contribution in [3.63, 3.8) is 0 Å². The summed E-state index contributed by atoms with van der Waals surface area (Å²) in [4.78, 5) is 10.6. The maximum Gasteiger partial charge on any atom is 0.132 e. The van der Waals surface area contributed by atoms with Gasteiger partial charge in [-0.2, -0.15) is 0 Å². The summed E-state index contributed by atoms with van der Waals surface area (Å²) < 4.78 is 10.9. The fourth-order valence-corrected chi connectivity index (χ4v) is 3.32. The summed E-state index contributed by atoms with van der Waals surface area (Å²) in [5.41, 5.74) is 1.34. The highest BCUT2D eigenvalue weighted by Crippen LogP contribution is 2.25. The summed E-state index contributed by atoms with van der Waals surface area (Å²) in [5.74, 6) is 1.72. The van der Waals surface area contributed by atoms with Gasteiger partial charge in [-0.05, 0) is 38.0 Å². The van der Waals surface area contributed by atoms with Crippen molar-refractivity contribution in [2.24, 2.45) is 0 Å². The van der Waals surface area contributed by atoms with E-state index in [1.807, 2.05) is 44.2 Å². The van der Waals surface area contributed by atoms with Crippen LogP contribution in [-0.2, 0) is 11.3 Å². The van der Waals surface area contributed by atoms with Gasteiger partial charge in [-0.15, -0.1) is 0 Å². The van der Waals surface area contributed by atoms with E-state index in [1.54, 1.807) is 6.33 Å². The number of benzene rings is 1. The highest BCUT2D eigenvalue weighted by Gasteiger charge is 2.36. The second-order valence-corrected chi connectivity index (χ2v) is 7.21. The molecule has 1 aliphatic rings. The zero-order valence-corrected chi connectivity index (χ0v) is 16.7. The summed E-state index contributed by atoms with van der Waals surface area (Å²) in [5, 5.41) is 14.3. The number of nitrogens with zero attached hydrogens (tertiary/aromatic N) is 3. The van der Waals surface area contributed by atoms with E-state index in [0.717, 1.165) is 35.8 Å². The van der Waals surface area contributed by atoms with Gasteiger partial charge in [0.05, 0.1) is 12.2 Å². The van der Waals surface area contributed by atoms with Crippen molar-refractivity contribution in [1.29, 1.82) is 0 Å². The molecule has 1 unspecified atom stereocenters. The van der Waals surface area contributed by atoms with Crippen LogP contribution in [0.4, 0.5) is 5.82 Å². The van der Waals surface area contributed by atoms with Crippen molar-refractivity contribution >= 4 is 5.82 Å². The van der Waals surface area contributed by atoms with E-state index in [0.29, 0.717) is 39.5 Å². The van der Waals surface area contributed by atoms with Gasteiger partial charge in [0, 0.05) is 44.5 Å². The minimum Gasteiger partial charge on any atom is -0.491 e. The Balaban J connectivity index is 1.42. The molecule has 1 fully saturated rings. The zero-order valence-electron chi connectivity index (χ0n) is 16.7. The molecule has 0 amide bonds. The lowest BCUT2D eigenvalue weighted by Crippen LogP contribution is -2.43. The molecule has 7 heteroatoms. The first-order chi connectivity index (χ1) is 13.6. The van der Waals surface area contributed by atoms with Gasteiger partial charge >= 0.3 is 0 Å². The second kappa shape index (κ2) is 9.82. The summed E-state index contributed by atoms with van der Waals surface area (Å²) >= 11 is 0. The van der Waals surface area contributed by atoms with Crippen LogP contribution in [0, 0.1) is 6.92 Å². The van der Waals surface area contributed by atoms with Gasteiger partial charge < -0.3 is 24.8 Å². The molecule has 3 rings (SSSR count). The number of hydrogen-bond acceptors (Lipinski definition) is 7. The fraction of sp³-hybridized carbons (Fsp3) is 0.524. The molecular weight excluding hydrogens is 356 g/mol. The molecule has 7 nitrogen and oxygen atoms in total. The van der Waals surface area contributed by atoms with Crippen molar-refractivity contribution < 1.29 is 14.6 Å². The Bertz CT molecular complexity index is 741. The Hall–Kier alpha value is -2.22. The molecule has 2 N–H and O–H groups in total. The van der Waals surface area contributed by atoms with E-state index in [4.69, 9.17) is 9.47 Å². The minimum absolute atomic E-state index is 0.542. The van der Waals surface area contributed by atoms with Crippen molar-refractivity contribution in [1.82, 2.24) is 15.3 Å². The smallest absolute Gasteiger partial charge is 0.132 e. The molecule has 1 aromatic heterocycles. The van der Waals surface area contributed by atoms with Gasteiger partial charge in [0.2, 0.25) is 0 Å². The minimum atomic E-state index is -0.749. The van der Waals surface area contributed by atoms with Crippen LogP contribution >= 0.6 is 0 Å². The molecular formula is C21H30N4O3. The molecule has 0 aliphatic carbocycles. The van der Waals surface area contributed by atoms with E-state index in [-0.39, 0.29) is 0 Å². The lowest BCUT2D eigenvalue weighted by molar-refractivity contribution is 0.0626. The molecule has 1 aromatic carbocycles. The second-order valence-electron chi connectivity index (χ2n) is 7.21. The number of anilines is 1. The van der Waals surface area contributed by atoms with Gasteiger partial charge in [-0.1, -0.05) is 12.1 Å². The highest BCUT2D eigenvalue weighted by molar-refractivity contribution is 5.41. The lowest BCUT2D eigenvalue weighted by Gasteiger charge is -2.24. The number of β-amino-alcohol motifs (C(OH)–C–C–N with tert-alkyl or cyclic N) is 1. The van der Waals surface area contributed by atoms with Crippen LogP contribution in [0.2, 0.25) is 0 Å². The van der Waals surface area contributed by atoms with Gasteiger partial charge in [-0.3, -0.25) is 0 Å². The first kappa shape index (κ1) is 20.5. The van der Waals surface area contributed by atoms with Crippen molar-refractivity contribution in [3.8, 4) is 5.75 Å². The SMILES string of the molecule is CCOCCOc1ccc(CNCC2(O)CCN(c3cc(C)ncn3)C2)cc1. The topological polar surface area (TPSA) is 79.7 Å². The molecule has 28 heavy (non-hydrogen) atoms. The Kier molecular flexibility index (Phi) is 7.19. The normalized spacial score (nSPS) is 19.2. The molecule has 2 aromatic rings. The van der Waals surface area contributed by atoms with E-state index >= 15 is 0 Å². The Morgan fingerprint density at radius 2 is 2.04 bits per heavy atom. The predicted octanol–water partition coefficient (Wildman–Crippen LogP) is 1.93. The largest absolute Gasteiger partial charge is 0.491 e. The number of aryl methyl sites for hydroxylation is 1. The molecule has 152 valence electrons. The molecule has 0 radical (unpaired) electrons. The summed E-state index contributed by atoms with van der Waals surface area (Å²) in [7, 11) is 0. The van der Waals surface area contributed by atoms with Crippen LogP contribution in [-0.4, -0.2) is 60.1 Å². The maximum absolute atomic E-state index is 10.9. The van der Waals surface area contributed by atoms with Crippen molar-refractivity contribution in [3.05, 3.63) is 47.9 Å². The quantitative estimate of drug-likeness (QED) is 0.604. The number of rotatable bonds is 10. The summed E-state index contributed by atoms with van der Waals surface area (Å²) in [6, 6.07) is 9.96. The Morgan fingerprint density at radius 3 is 2.79 bits per heavy atom. The zero-order chi connectivity index (χ0) is 19.8. The third kappa shape index (κ3) is 5.89. The van der Waals surface area contributed by atoms with Crippen LogP contribution in [0.1, 0.15) is 24.6 Å². The van der Waals surface area contributed by atoms with Gasteiger partial charge in [0.15, 0.2) is 0 Å². The average molecular weight is 386 g/mol. The van der Waals surface area contributed by atoms with Crippen molar-refractivity contribution in [2.45, 2.75) is 32.4 Å².